The van der Waals surface area contributed by atoms with E-state index in [-0.39, 0.29) is 36.4 Å². The maximum Gasteiger partial charge on any atom is 0.231 e. The van der Waals surface area contributed by atoms with Crippen molar-refractivity contribution in [2.75, 3.05) is 11.5 Å². The number of benzene rings is 2. The summed E-state index contributed by atoms with van der Waals surface area (Å²) in [5.74, 6) is -1.37. The molecular weight excluding hydrogens is 434 g/mol. The van der Waals surface area contributed by atoms with Gasteiger partial charge in [0.2, 0.25) is 5.91 Å². The molecule has 34 heavy (non-hydrogen) atoms. The first-order chi connectivity index (χ1) is 16.2. The van der Waals surface area contributed by atoms with Gasteiger partial charge in [-0.25, -0.2) is 0 Å². The summed E-state index contributed by atoms with van der Waals surface area (Å²) in [6.45, 7) is 8.05. The highest BCUT2D eigenvalue weighted by Crippen LogP contribution is 2.43. The molecule has 0 N–H and O–H groups in total. The fourth-order valence-electron chi connectivity index (χ4n) is 5.09. The SMILES string of the molecule is CC1(C)O[C@@H]2[C@H](O1)[C@@H](CCC(=O)N(c1ccccc1)c1ccccc1)O[C@@H]2[C@H]1COC(C)(C)O1. The van der Waals surface area contributed by atoms with Crippen LogP contribution in [0.4, 0.5) is 11.4 Å². The van der Waals surface area contributed by atoms with E-state index >= 15 is 0 Å². The number of ether oxygens (including phenoxy) is 5. The van der Waals surface area contributed by atoms with Gasteiger partial charge in [0.05, 0.1) is 12.7 Å². The molecule has 5 atom stereocenters. The second-order valence-corrected chi connectivity index (χ2v) is 10.0. The average molecular weight is 468 g/mol. The summed E-state index contributed by atoms with van der Waals surface area (Å²) in [6, 6.07) is 19.4. The van der Waals surface area contributed by atoms with Crippen LogP contribution in [0.2, 0.25) is 0 Å². The highest BCUT2D eigenvalue weighted by Gasteiger charge is 2.58. The Kier molecular flexibility index (Phi) is 6.25. The van der Waals surface area contributed by atoms with E-state index in [9.17, 15) is 4.79 Å². The first-order valence-corrected chi connectivity index (χ1v) is 12.0. The molecule has 0 saturated carbocycles. The third-order valence-corrected chi connectivity index (χ3v) is 6.50. The third-order valence-electron chi connectivity index (χ3n) is 6.50. The number of carbonyl (C=O) groups is 1. The predicted octanol–water partition coefficient (Wildman–Crippen LogP) is 4.57. The quantitative estimate of drug-likeness (QED) is 0.620. The van der Waals surface area contributed by atoms with Crippen LogP contribution in [0.5, 0.6) is 0 Å². The van der Waals surface area contributed by atoms with Crippen LogP contribution < -0.4 is 4.90 Å². The van der Waals surface area contributed by atoms with Crippen molar-refractivity contribution in [2.45, 2.75) is 82.6 Å². The normalized spacial score (nSPS) is 31.4. The van der Waals surface area contributed by atoms with Crippen LogP contribution in [0.3, 0.4) is 0 Å². The Morgan fingerprint density at radius 3 is 1.97 bits per heavy atom. The molecule has 0 aliphatic carbocycles. The van der Waals surface area contributed by atoms with Crippen LogP contribution in [-0.2, 0) is 28.5 Å². The topological polar surface area (TPSA) is 66.5 Å². The number of anilines is 2. The van der Waals surface area contributed by atoms with Gasteiger partial charge in [0.1, 0.15) is 24.4 Å². The van der Waals surface area contributed by atoms with Gasteiger partial charge in [0.25, 0.3) is 0 Å². The van der Waals surface area contributed by atoms with Crippen molar-refractivity contribution in [3.8, 4) is 0 Å². The summed E-state index contributed by atoms with van der Waals surface area (Å²) in [6.07, 6.45) is -0.538. The van der Waals surface area contributed by atoms with Gasteiger partial charge in [0.15, 0.2) is 11.6 Å². The first kappa shape index (κ1) is 23.5. The van der Waals surface area contributed by atoms with Crippen molar-refractivity contribution >= 4 is 17.3 Å². The van der Waals surface area contributed by atoms with Gasteiger partial charge in [-0.2, -0.15) is 0 Å². The van der Waals surface area contributed by atoms with Crippen LogP contribution in [0, 0.1) is 0 Å². The molecule has 3 aliphatic heterocycles. The Morgan fingerprint density at radius 2 is 1.41 bits per heavy atom. The number of carbonyl (C=O) groups excluding carboxylic acids is 1. The standard InChI is InChI=1S/C27H33NO6/c1-26(2)30-17-21(32-26)23-25-24(33-27(3,4)34-25)20(31-23)15-16-22(29)28(18-11-7-5-8-12-18)19-13-9-6-10-14-19/h5-14,20-21,23-25H,15-17H2,1-4H3/t20-,21-,23-,24-,25+/m1/s1. The largest absolute Gasteiger partial charge is 0.367 e. The van der Waals surface area contributed by atoms with Crippen LogP contribution >= 0.6 is 0 Å². The van der Waals surface area contributed by atoms with Crippen molar-refractivity contribution in [2.24, 2.45) is 0 Å². The molecule has 3 saturated heterocycles. The van der Waals surface area contributed by atoms with E-state index in [1.165, 1.54) is 0 Å². The van der Waals surface area contributed by atoms with Crippen molar-refractivity contribution < 1.29 is 28.5 Å². The predicted molar refractivity (Wildman–Crippen MR) is 127 cm³/mol. The molecule has 182 valence electrons. The number of fused-ring (bicyclic) bond motifs is 1. The summed E-state index contributed by atoms with van der Waals surface area (Å²) >= 11 is 0. The Hall–Kier alpha value is -2.29. The number of rotatable bonds is 6. The van der Waals surface area contributed by atoms with E-state index in [0.717, 1.165) is 11.4 Å². The molecule has 3 fully saturated rings. The molecule has 0 unspecified atom stereocenters. The zero-order valence-corrected chi connectivity index (χ0v) is 20.2. The van der Waals surface area contributed by atoms with E-state index in [1.54, 1.807) is 4.90 Å². The molecule has 0 radical (unpaired) electrons. The number of amides is 1. The summed E-state index contributed by atoms with van der Waals surface area (Å²) in [4.78, 5) is 15.3. The molecule has 2 aromatic carbocycles. The van der Waals surface area contributed by atoms with Gasteiger partial charge >= 0.3 is 0 Å². The lowest BCUT2D eigenvalue weighted by atomic mass is 10.0. The van der Waals surface area contributed by atoms with Crippen LogP contribution in [0.1, 0.15) is 40.5 Å². The van der Waals surface area contributed by atoms with E-state index in [4.69, 9.17) is 23.7 Å². The molecule has 0 spiro atoms. The lowest BCUT2D eigenvalue weighted by Crippen LogP contribution is -2.40. The molecule has 3 heterocycles. The molecule has 2 aromatic rings. The lowest BCUT2D eigenvalue weighted by molar-refractivity contribution is -0.206. The zero-order valence-electron chi connectivity index (χ0n) is 20.2. The minimum Gasteiger partial charge on any atom is -0.367 e. The minimum atomic E-state index is -0.714. The molecule has 1 amide bonds. The second kappa shape index (κ2) is 9.06. The van der Waals surface area contributed by atoms with Crippen LogP contribution in [-0.4, -0.2) is 54.6 Å². The summed E-state index contributed by atoms with van der Waals surface area (Å²) in [5.41, 5.74) is 1.67. The van der Waals surface area contributed by atoms with Gasteiger partial charge < -0.3 is 23.7 Å². The van der Waals surface area contributed by atoms with Gasteiger partial charge in [-0.3, -0.25) is 9.69 Å². The van der Waals surface area contributed by atoms with Crippen molar-refractivity contribution in [3.05, 3.63) is 60.7 Å². The fourth-order valence-corrected chi connectivity index (χ4v) is 5.09. The Labute approximate surface area is 200 Å². The lowest BCUT2D eigenvalue weighted by Gasteiger charge is -2.27. The maximum atomic E-state index is 13.5. The zero-order chi connectivity index (χ0) is 23.9. The Bertz CT molecular complexity index is 955. The highest BCUT2D eigenvalue weighted by atomic mass is 16.8. The third kappa shape index (κ3) is 4.76. The summed E-state index contributed by atoms with van der Waals surface area (Å²) in [5, 5.41) is 0. The molecule has 0 aromatic heterocycles. The van der Waals surface area contributed by atoms with E-state index in [2.05, 4.69) is 0 Å². The minimum absolute atomic E-state index is 0.000702. The van der Waals surface area contributed by atoms with Gasteiger partial charge in [0, 0.05) is 17.8 Å². The van der Waals surface area contributed by atoms with Crippen molar-refractivity contribution in [1.82, 2.24) is 0 Å². The molecule has 3 aliphatic rings. The van der Waals surface area contributed by atoms with E-state index in [0.29, 0.717) is 19.4 Å². The van der Waals surface area contributed by atoms with E-state index < -0.39 is 11.6 Å². The molecular formula is C27H33NO6. The molecule has 0 bridgehead atoms. The number of hydrogen-bond donors (Lipinski definition) is 0. The molecule has 7 nitrogen and oxygen atoms in total. The monoisotopic (exact) mass is 467 g/mol. The number of hydrogen-bond acceptors (Lipinski definition) is 6. The number of nitrogens with zero attached hydrogens (tertiary/aromatic N) is 1. The number of para-hydroxylation sites is 2. The van der Waals surface area contributed by atoms with Gasteiger partial charge in [-0.1, -0.05) is 36.4 Å². The van der Waals surface area contributed by atoms with Crippen LogP contribution in [0.15, 0.2) is 60.7 Å². The average Bonchev–Trinajstić information content (AvgIpc) is 3.43. The van der Waals surface area contributed by atoms with E-state index in [1.807, 2.05) is 88.4 Å². The summed E-state index contributed by atoms with van der Waals surface area (Å²) < 4.78 is 30.7. The van der Waals surface area contributed by atoms with Crippen LogP contribution in [0.25, 0.3) is 0 Å². The highest BCUT2D eigenvalue weighted by molar-refractivity contribution is 6.00. The molecule has 7 heteroatoms. The van der Waals surface area contributed by atoms with Crippen molar-refractivity contribution in [1.29, 1.82) is 0 Å². The maximum absolute atomic E-state index is 13.5. The first-order valence-electron chi connectivity index (χ1n) is 12.0. The van der Waals surface area contributed by atoms with Gasteiger partial charge in [-0.05, 0) is 58.4 Å². The summed E-state index contributed by atoms with van der Waals surface area (Å²) in [7, 11) is 0. The second-order valence-electron chi connectivity index (χ2n) is 10.0. The fraction of sp³-hybridized carbons (Fsp3) is 0.519. The Balaban J connectivity index is 1.32. The molecule has 5 rings (SSSR count). The van der Waals surface area contributed by atoms with Gasteiger partial charge in [-0.15, -0.1) is 0 Å². The smallest absolute Gasteiger partial charge is 0.231 e. The van der Waals surface area contributed by atoms with Crippen molar-refractivity contribution in [3.63, 3.8) is 0 Å². The Morgan fingerprint density at radius 1 is 0.824 bits per heavy atom.